The van der Waals surface area contributed by atoms with Crippen molar-refractivity contribution in [1.29, 1.82) is 0 Å². The predicted octanol–water partition coefficient (Wildman–Crippen LogP) is 5.09. The number of hydrogen-bond donors (Lipinski definition) is 0. The third-order valence-corrected chi connectivity index (χ3v) is 5.09. The number of allylic oxidation sites excluding steroid dienone is 2. The monoisotopic (exact) mass is 340 g/mol. The van der Waals surface area contributed by atoms with Crippen LogP contribution in [0.15, 0.2) is 48.1 Å². The molecule has 2 nitrogen and oxygen atoms in total. The molecule has 1 aromatic rings. The highest BCUT2D eigenvalue weighted by Crippen LogP contribution is 2.13. The summed E-state index contributed by atoms with van der Waals surface area (Å²) in [5.41, 5.74) is 2.74. The van der Waals surface area contributed by atoms with Crippen molar-refractivity contribution in [3.05, 3.63) is 53.6 Å². The lowest BCUT2D eigenvalue weighted by molar-refractivity contribution is 0.136. The Hall–Kier alpha value is -1.38. The summed E-state index contributed by atoms with van der Waals surface area (Å²) in [6.45, 7) is 14.0. The molecule has 1 unspecified atom stereocenters. The Bertz CT molecular complexity index is 520. The lowest BCUT2D eigenvalue weighted by atomic mass is 10.0. The SMILES string of the molecule is CC(C)=CCCC(C)CCN1CCN(C/C=C/c2ccccc2)CC1. The zero-order valence-electron chi connectivity index (χ0n) is 16.5. The molecule has 0 amide bonds. The Morgan fingerprint density at radius 3 is 2.36 bits per heavy atom. The summed E-state index contributed by atoms with van der Waals surface area (Å²) in [6, 6.07) is 10.6. The highest BCUT2D eigenvalue weighted by molar-refractivity contribution is 5.48. The van der Waals surface area contributed by atoms with Crippen LogP contribution in [0.2, 0.25) is 0 Å². The van der Waals surface area contributed by atoms with Gasteiger partial charge >= 0.3 is 0 Å². The number of piperazine rings is 1. The van der Waals surface area contributed by atoms with Crippen molar-refractivity contribution in [3.8, 4) is 0 Å². The fraction of sp³-hybridized carbons (Fsp3) is 0.565. The van der Waals surface area contributed by atoms with Crippen molar-refractivity contribution in [1.82, 2.24) is 9.80 Å². The molecule has 0 saturated carbocycles. The zero-order valence-corrected chi connectivity index (χ0v) is 16.5. The van der Waals surface area contributed by atoms with Crippen LogP contribution in [0, 0.1) is 5.92 Å². The smallest absolute Gasteiger partial charge is 0.0167 e. The lowest BCUT2D eigenvalue weighted by Crippen LogP contribution is -2.46. The Balaban J connectivity index is 1.58. The average Bonchev–Trinajstić information content (AvgIpc) is 2.62. The molecule has 1 aromatic carbocycles. The van der Waals surface area contributed by atoms with E-state index >= 15 is 0 Å². The van der Waals surface area contributed by atoms with Crippen molar-refractivity contribution in [2.24, 2.45) is 5.92 Å². The highest BCUT2D eigenvalue weighted by Gasteiger charge is 2.16. The van der Waals surface area contributed by atoms with Crippen LogP contribution in [0.5, 0.6) is 0 Å². The summed E-state index contributed by atoms with van der Waals surface area (Å²) < 4.78 is 0. The fourth-order valence-electron chi connectivity index (χ4n) is 3.30. The standard InChI is InChI=1S/C23H36N2/c1-21(2)9-7-10-22(3)14-16-25-19-17-24(18-20-25)15-8-13-23-11-5-4-6-12-23/h4-6,8-9,11-13,22H,7,10,14-20H2,1-3H3/b13-8+. The van der Waals surface area contributed by atoms with Crippen LogP contribution in [0.25, 0.3) is 6.08 Å². The quantitative estimate of drug-likeness (QED) is 0.578. The van der Waals surface area contributed by atoms with Crippen LogP contribution in [0.3, 0.4) is 0 Å². The van der Waals surface area contributed by atoms with E-state index in [4.69, 9.17) is 0 Å². The molecule has 0 spiro atoms. The molecule has 1 fully saturated rings. The van der Waals surface area contributed by atoms with Gasteiger partial charge in [-0.05, 0) is 51.1 Å². The average molecular weight is 341 g/mol. The molecule has 0 bridgehead atoms. The van der Waals surface area contributed by atoms with E-state index in [9.17, 15) is 0 Å². The summed E-state index contributed by atoms with van der Waals surface area (Å²) in [6.07, 6.45) is 10.8. The molecule has 0 N–H and O–H groups in total. The molecule has 2 heteroatoms. The van der Waals surface area contributed by atoms with E-state index < -0.39 is 0 Å². The van der Waals surface area contributed by atoms with Crippen LogP contribution in [0.1, 0.15) is 45.6 Å². The molecule has 0 aliphatic carbocycles. The Morgan fingerprint density at radius 2 is 1.68 bits per heavy atom. The third-order valence-electron chi connectivity index (χ3n) is 5.09. The lowest BCUT2D eigenvalue weighted by Gasteiger charge is -2.34. The van der Waals surface area contributed by atoms with E-state index in [1.807, 2.05) is 0 Å². The molecule has 138 valence electrons. The fourth-order valence-corrected chi connectivity index (χ4v) is 3.30. The first-order chi connectivity index (χ1) is 12.1. The first-order valence-corrected chi connectivity index (χ1v) is 9.93. The van der Waals surface area contributed by atoms with Crippen LogP contribution in [-0.4, -0.2) is 49.1 Å². The first-order valence-electron chi connectivity index (χ1n) is 9.93. The number of nitrogens with zero attached hydrogens (tertiary/aromatic N) is 2. The minimum Gasteiger partial charge on any atom is -0.301 e. The zero-order chi connectivity index (χ0) is 17.9. The second-order valence-electron chi connectivity index (χ2n) is 7.71. The van der Waals surface area contributed by atoms with Gasteiger partial charge in [-0.25, -0.2) is 0 Å². The third kappa shape index (κ3) is 8.51. The molecule has 1 aliphatic rings. The van der Waals surface area contributed by atoms with Gasteiger partial charge in [0, 0.05) is 32.7 Å². The van der Waals surface area contributed by atoms with E-state index in [1.54, 1.807) is 0 Å². The molecule has 0 radical (unpaired) electrons. The van der Waals surface area contributed by atoms with E-state index in [1.165, 1.54) is 63.1 Å². The van der Waals surface area contributed by atoms with Gasteiger partial charge < -0.3 is 4.90 Å². The van der Waals surface area contributed by atoms with Crippen molar-refractivity contribution in [2.45, 2.75) is 40.0 Å². The second kappa shape index (κ2) is 11.3. The summed E-state index contributed by atoms with van der Waals surface area (Å²) >= 11 is 0. The minimum absolute atomic E-state index is 0.836. The van der Waals surface area contributed by atoms with Gasteiger partial charge in [-0.15, -0.1) is 0 Å². The van der Waals surface area contributed by atoms with Gasteiger partial charge in [0.1, 0.15) is 0 Å². The molecule has 1 heterocycles. The van der Waals surface area contributed by atoms with Gasteiger partial charge in [0.15, 0.2) is 0 Å². The molecule has 1 atom stereocenters. The molecular weight excluding hydrogens is 304 g/mol. The van der Waals surface area contributed by atoms with Crippen LogP contribution in [-0.2, 0) is 0 Å². The maximum atomic E-state index is 2.65. The second-order valence-corrected chi connectivity index (χ2v) is 7.71. The van der Waals surface area contributed by atoms with Gasteiger partial charge in [0.05, 0.1) is 0 Å². The summed E-state index contributed by atoms with van der Waals surface area (Å²) in [5.74, 6) is 0.836. The molecular formula is C23H36N2. The maximum Gasteiger partial charge on any atom is 0.0167 e. The van der Waals surface area contributed by atoms with Gasteiger partial charge in [-0.3, -0.25) is 4.90 Å². The van der Waals surface area contributed by atoms with Gasteiger partial charge in [0.2, 0.25) is 0 Å². The minimum atomic E-state index is 0.836. The van der Waals surface area contributed by atoms with Crippen molar-refractivity contribution < 1.29 is 0 Å². The van der Waals surface area contributed by atoms with Gasteiger partial charge in [-0.2, -0.15) is 0 Å². The largest absolute Gasteiger partial charge is 0.301 e. The molecule has 2 rings (SSSR count). The van der Waals surface area contributed by atoms with Crippen LogP contribution < -0.4 is 0 Å². The summed E-state index contributed by atoms with van der Waals surface area (Å²) in [4.78, 5) is 5.21. The van der Waals surface area contributed by atoms with E-state index in [-0.39, 0.29) is 0 Å². The van der Waals surface area contributed by atoms with Crippen LogP contribution >= 0.6 is 0 Å². The van der Waals surface area contributed by atoms with Crippen molar-refractivity contribution >= 4 is 6.08 Å². The Kier molecular flexibility index (Phi) is 8.99. The molecule has 1 saturated heterocycles. The molecule has 25 heavy (non-hydrogen) atoms. The number of benzene rings is 1. The van der Waals surface area contributed by atoms with E-state index in [0.717, 1.165) is 12.5 Å². The Morgan fingerprint density at radius 1 is 1.00 bits per heavy atom. The summed E-state index contributed by atoms with van der Waals surface area (Å²) in [5, 5.41) is 0. The van der Waals surface area contributed by atoms with E-state index in [0.29, 0.717) is 0 Å². The first kappa shape index (κ1) is 19.9. The molecule has 1 aliphatic heterocycles. The Labute approximate surface area is 155 Å². The predicted molar refractivity (Wildman–Crippen MR) is 111 cm³/mol. The van der Waals surface area contributed by atoms with Crippen molar-refractivity contribution in [2.75, 3.05) is 39.3 Å². The van der Waals surface area contributed by atoms with Crippen LogP contribution in [0.4, 0.5) is 0 Å². The van der Waals surface area contributed by atoms with E-state index in [2.05, 4.69) is 79.1 Å². The van der Waals surface area contributed by atoms with Crippen molar-refractivity contribution in [3.63, 3.8) is 0 Å². The summed E-state index contributed by atoms with van der Waals surface area (Å²) in [7, 11) is 0. The molecule has 0 aromatic heterocycles. The number of rotatable bonds is 9. The topological polar surface area (TPSA) is 6.48 Å². The maximum absolute atomic E-state index is 2.65. The van der Waals surface area contributed by atoms with Gasteiger partial charge in [0.25, 0.3) is 0 Å². The highest BCUT2D eigenvalue weighted by atomic mass is 15.3. The van der Waals surface area contributed by atoms with Gasteiger partial charge in [-0.1, -0.05) is 61.1 Å². The number of hydrogen-bond acceptors (Lipinski definition) is 2. The normalized spacial score (nSPS) is 17.7.